The Labute approximate surface area is 88.5 Å². The molecule has 0 saturated heterocycles. The van der Waals surface area contributed by atoms with Crippen LogP contribution in [0, 0.1) is 0 Å². The fourth-order valence-corrected chi connectivity index (χ4v) is 1.48. The van der Waals surface area contributed by atoms with Gasteiger partial charge in [-0.15, -0.1) is 0 Å². The molecule has 0 radical (unpaired) electrons. The molecule has 1 aliphatic rings. The number of rotatable bonds is 1. The van der Waals surface area contributed by atoms with E-state index in [4.69, 9.17) is 10.6 Å². The number of nitrogens with zero attached hydrogens (tertiary/aromatic N) is 1. The molecule has 0 amide bonds. The summed E-state index contributed by atoms with van der Waals surface area (Å²) in [6.07, 6.45) is 0. The lowest BCUT2D eigenvalue weighted by molar-refractivity contribution is 0.228. The summed E-state index contributed by atoms with van der Waals surface area (Å²) in [5.41, 5.74) is 12.2. The van der Waals surface area contributed by atoms with Gasteiger partial charge < -0.3 is 10.6 Å². The predicted octanol–water partition coefficient (Wildman–Crippen LogP) is 2.45. The highest BCUT2D eigenvalue weighted by molar-refractivity contribution is 6.12. The Morgan fingerprint density at radius 2 is 2.13 bits per heavy atom. The predicted molar refractivity (Wildman–Crippen MR) is 60.4 cm³/mol. The number of nitrogens with two attached hydrogens (primary N) is 1. The quantitative estimate of drug-likeness (QED) is 0.559. The van der Waals surface area contributed by atoms with Crippen molar-refractivity contribution in [2.45, 2.75) is 13.8 Å². The molecule has 2 N–H and O–H groups in total. The van der Waals surface area contributed by atoms with Crippen molar-refractivity contribution < 1.29 is 4.84 Å². The Morgan fingerprint density at radius 3 is 2.80 bits per heavy atom. The molecule has 0 bridgehead atoms. The zero-order valence-corrected chi connectivity index (χ0v) is 8.74. The van der Waals surface area contributed by atoms with E-state index in [9.17, 15) is 0 Å². The van der Waals surface area contributed by atoms with Crippen LogP contribution in [0.1, 0.15) is 19.4 Å². The molecule has 3 heteroatoms. The Morgan fingerprint density at radius 1 is 1.33 bits per heavy atom. The lowest BCUT2D eigenvalue weighted by Gasteiger charge is -2.09. The summed E-state index contributed by atoms with van der Waals surface area (Å²) in [6, 6.07) is 7.55. The fourth-order valence-electron chi connectivity index (χ4n) is 1.48. The molecule has 0 unspecified atom stereocenters. The summed E-state index contributed by atoms with van der Waals surface area (Å²) in [4.78, 5) is 5.09. The SMILES string of the molecule is CC1=C=C(C)C(c2cccc(N)c2)=NO1. The molecule has 3 nitrogen and oxygen atoms in total. The smallest absolute Gasteiger partial charge is 0.174 e. The van der Waals surface area contributed by atoms with Crippen molar-refractivity contribution in [2.75, 3.05) is 5.73 Å². The van der Waals surface area contributed by atoms with E-state index >= 15 is 0 Å². The second-order valence-corrected chi connectivity index (χ2v) is 3.46. The average Bonchev–Trinajstić information content (AvgIpc) is 2.17. The highest BCUT2D eigenvalue weighted by Crippen LogP contribution is 2.16. The molecule has 1 aromatic carbocycles. The van der Waals surface area contributed by atoms with Crippen molar-refractivity contribution >= 4 is 11.4 Å². The van der Waals surface area contributed by atoms with E-state index in [-0.39, 0.29) is 0 Å². The minimum Gasteiger partial charge on any atom is -0.399 e. The zero-order chi connectivity index (χ0) is 10.8. The third kappa shape index (κ3) is 1.92. The molecule has 0 atom stereocenters. The summed E-state index contributed by atoms with van der Waals surface area (Å²) in [5, 5.41) is 4.03. The van der Waals surface area contributed by atoms with Crippen LogP contribution >= 0.6 is 0 Å². The number of anilines is 1. The molecule has 0 aromatic heterocycles. The molecule has 0 aliphatic carbocycles. The number of nitrogen functional groups attached to an aromatic ring is 1. The first-order valence-corrected chi connectivity index (χ1v) is 4.72. The van der Waals surface area contributed by atoms with E-state index in [1.807, 2.05) is 38.1 Å². The Kier molecular flexibility index (Phi) is 2.32. The van der Waals surface area contributed by atoms with Crippen LogP contribution in [0.25, 0.3) is 0 Å². The van der Waals surface area contributed by atoms with Gasteiger partial charge in [-0.1, -0.05) is 23.0 Å². The molecule has 1 aliphatic heterocycles. The van der Waals surface area contributed by atoms with Crippen LogP contribution in [-0.4, -0.2) is 5.71 Å². The normalized spacial score (nSPS) is 14.9. The van der Waals surface area contributed by atoms with Gasteiger partial charge in [-0.2, -0.15) is 0 Å². The standard InChI is InChI=1S/C12H12N2O/c1-8-6-9(2)15-14-12(8)10-4-3-5-11(13)7-10/h3-5,7H,13H2,1-2H3. The van der Waals surface area contributed by atoms with Crippen molar-refractivity contribution in [2.24, 2.45) is 5.16 Å². The lowest BCUT2D eigenvalue weighted by Crippen LogP contribution is -2.06. The van der Waals surface area contributed by atoms with E-state index in [1.54, 1.807) is 0 Å². The van der Waals surface area contributed by atoms with Gasteiger partial charge in [-0.3, -0.25) is 0 Å². The number of hydrogen-bond acceptors (Lipinski definition) is 3. The average molecular weight is 200 g/mol. The molecule has 0 saturated carbocycles. The highest BCUT2D eigenvalue weighted by Gasteiger charge is 2.10. The monoisotopic (exact) mass is 200 g/mol. The number of hydrogen-bond donors (Lipinski definition) is 1. The van der Waals surface area contributed by atoms with Gasteiger partial charge in [-0.25, -0.2) is 0 Å². The molecule has 2 rings (SSSR count). The van der Waals surface area contributed by atoms with Crippen LogP contribution in [-0.2, 0) is 4.84 Å². The Balaban J connectivity index is 2.47. The third-order valence-electron chi connectivity index (χ3n) is 2.15. The molecular formula is C12H12N2O. The minimum atomic E-state index is 0.681. The minimum absolute atomic E-state index is 0.681. The van der Waals surface area contributed by atoms with Gasteiger partial charge in [0, 0.05) is 23.7 Å². The summed E-state index contributed by atoms with van der Waals surface area (Å²) in [5.74, 6) is 0.681. The maximum Gasteiger partial charge on any atom is 0.174 e. The topological polar surface area (TPSA) is 47.6 Å². The van der Waals surface area contributed by atoms with E-state index in [0.29, 0.717) is 11.4 Å². The molecule has 1 heterocycles. The van der Waals surface area contributed by atoms with Crippen molar-refractivity contribution in [1.82, 2.24) is 0 Å². The largest absolute Gasteiger partial charge is 0.399 e. The Bertz CT molecular complexity index is 494. The first kappa shape index (κ1) is 9.56. The zero-order valence-electron chi connectivity index (χ0n) is 8.74. The Hall–Kier alpha value is -1.99. The number of oxime groups is 1. The molecule has 1 aromatic rings. The highest BCUT2D eigenvalue weighted by atomic mass is 16.6. The number of allylic oxidation sites excluding steroid dienone is 1. The van der Waals surface area contributed by atoms with Crippen molar-refractivity contribution in [3.63, 3.8) is 0 Å². The second kappa shape index (κ2) is 3.64. The van der Waals surface area contributed by atoms with Gasteiger partial charge in [0.15, 0.2) is 5.76 Å². The van der Waals surface area contributed by atoms with Crippen LogP contribution < -0.4 is 5.73 Å². The summed E-state index contributed by atoms with van der Waals surface area (Å²) >= 11 is 0. The van der Waals surface area contributed by atoms with Crippen LogP contribution in [0.2, 0.25) is 0 Å². The van der Waals surface area contributed by atoms with Crippen molar-refractivity contribution in [3.8, 4) is 0 Å². The third-order valence-corrected chi connectivity index (χ3v) is 2.15. The molecule has 15 heavy (non-hydrogen) atoms. The summed E-state index contributed by atoms with van der Waals surface area (Å²) in [6.45, 7) is 3.77. The summed E-state index contributed by atoms with van der Waals surface area (Å²) < 4.78 is 0. The lowest BCUT2D eigenvalue weighted by atomic mass is 10.0. The van der Waals surface area contributed by atoms with Crippen LogP contribution in [0.15, 0.2) is 46.5 Å². The van der Waals surface area contributed by atoms with Gasteiger partial charge in [0.05, 0.1) is 0 Å². The van der Waals surface area contributed by atoms with E-state index < -0.39 is 0 Å². The maximum atomic E-state index is 5.71. The van der Waals surface area contributed by atoms with E-state index in [2.05, 4.69) is 10.9 Å². The molecule has 0 spiro atoms. The first-order chi connectivity index (χ1) is 7.16. The molecular weight excluding hydrogens is 188 g/mol. The van der Waals surface area contributed by atoms with Crippen LogP contribution in [0.4, 0.5) is 5.69 Å². The van der Waals surface area contributed by atoms with Gasteiger partial charge in [-0.05, 0) is 19.1 Å². The summed E-state index contributed by atoms with van der Waals surface area (Å²) in [7, 11) is 0. The van der Waals surface area contributed by atoms with Crippen LogP contribution in [0.5, 0.6) is 0 Å². The molecule has 0 fully saturated rings. The fraction of sp³-hybridized carbons (Fsp3) is 0.167. The van der Waals surface area contributed by atoms with Gasteiger partial charge in [0.1, 0.15) is 5.71 Å². The van der Waals surface area contributed by atoms with Crippen LogP contribution in [0.3, 0.4) is 0 Å². The van der Waals surface area contributed by atoms with Gasteiger partial charge >= 0.3 is 0 Å². The van der Waals surface area contributed by atoms with Crippen molar-refractivity contribution in [1.29, 1.82) is 0 Å². The van der Waals surface area contributed by atoms with Gasteiger partial charge in [0.25, 0.3) is 0 Å². The molecule has 76 valence electrons. The second-order valence-electron chi connectivity index (χ2n) is 3.46. The first-order valence-electron chi connectivity index (χ1n) is 4.72. The van der Waals surface area contributed by atoms with E-state index in [0.717, 1.165) is 16.8 Å². The van der Waals surface area contributed by atoms with E-state index in [1.165, 1.54) is 0 Å². The maximum absolute atomic E-state index is 5.71. The number of benzene rings is 1. The van der Waals surface area contributed by atoms with Crippen molar-refractivity contribution in [3.05, 3.63) is 46.9 Å². The van der Waals surface area contributed by atoms with Gasteiger partial charge in [0.2, 0.25) is 0 Å².